The van der Waals surface area contributed by atoms with Crippen LogP contribution in [-0.2, 0) is 10.0 Å². The lowest BCUT2D eigenvalue weighted by Crippen LogP contribution is -2.26. The van der Waals surface area contributed by atoms with Gasteiger partial charge in [0.2, 0.25) is 0 Å². The molecule has 6 heteroatoms. The fourth-order valence-corrected chi connectivity index (χ4v) is 4.13. The van der Waals surface area contributed by atoms with E-state index in [2.05, 4.69) is 10.0 Å². The lowest BCUT2D eigenvalue weighted by atomic mass is 10.1. The maximum absolute atomic E-state index is 12.7. The second-order valence-corrected chi connectivity index (χ2v) is 9.24. The van der Waals surface area contributed by atoms with Gasteiger partial charge in [0, 0.05) is 5.56 Å². The molecule has 0 spiro atoms. The summed E-state index contributed by atoms with van der Waals surface area (Å²) in [6, 6.07) is 19.4. The smallest absolute Gasteiger partial charge is 0.261 e. The summed E-state index contributed by atoms with van der Waals surface area (Å²) in [5.41, 5.74) is 4.63. The normalized spacial score (nSPS) is 12.3. The number of anilines is 1. The molecule has 0 aromatic heterocycles. The van der Waals surface area contributed by atoms with Gasteiger partial charge < -0.3 is 5.32 Å². The molecule has 0 unspecified atom stereocenters. The van der Waals surface area contributed by atoms with E-state index in [0.29, 0.717) is 11.3 Å². The van der Waals surface area contributed by atoms with E-state index in [1.165, 1.54) is 0 Å². The summed E-state index contributed by atoms with van der Waals surface area (Å²) in [6.07, 6.45) is 0. The monoisotopic (exact) mass is 422 g/mol. The van der Waals surface area contributed by atoms with Crippen LogP contribution in [0.25, 0.3) is 0 Å². The van der Waals surface area contributed by atoms with Crippen molar-refractivity contribution >= 4 is 21.6 Å². The Labute approximate surface area is 178 Å². The van der Waals surface area contributed by atoms with Crippen molar-refractivity contribution in [3.8, 4) is 0 Å². The number of sulfonamides is 1. The topological polar surface area (TPSA) is 75.3 Å². The highest BCUT2D eigenvalue weighted by atomic mass is 32.2. The Bertz CT molecular complexity index is 1150. The standard InChI is InChI=1S/C24H26N2O3S/c1-16-5-10-20(11-6-16)19(4)25-24(27)21-12-9-18(3)23(15-21)26-30(28,29)22-13-7-17(2)8-14-22/h5-15,19,26H,1-4H3,(H,25,27)/t19-/m0/s1. The molecule has 0 aliphatic rings. The highest BCUT2D eigenvalue weighted by molar-refractivity contribution is 7.92. The Kier molecular flexibility index (Phi) is 6.27. The van der Waals surface area contributed by atoms with Crippen LogP contribution in [0.5, 0.6) is 0 Å². The van der Waals surface area contributed by atoms with Gasteiger partial charge in [0.1, 0.15) is 0 Å². The lowest BCUT2D eigenvalue weighted by Gasteiger charge is -2.16. The van der Waals surface area contributed by atoms with Crippen LogP contribution in [0.4, 0.5) is 5.69 Å². The third-order valence-corrected chi connectivity index (χ3v) is 6.38. The van der Waals surface area contributed by atoms with Gasteiger partial charge in [-0.2, -0.15) is 0 Å². The number of aryl methyl sites for hydroxylation is 3. The summed E-state index contributed by atoms with van der Waals surface area (Å²) in [7, 11) is -3.75. The van der Waals surface area contributed by atoms with Crippen LogP contribution >= 0.6 is 0 Å². The van der Waals surface area contributed by atoms with Crippen LogP contribution in [0.1, 0.15) is 45.6 Å². The predicted molar refractivity (Wildman–Crippen MR) is 120 cm³/mol. The molecule has 0 radical (unpaired) electrons. The second kappa shape index (κ2) is 8.71. The number of rotatable bonds is 6. The Morgan fingerprint density at radius 2 is 1.40 bits per heavy atom. The highest BCUT2D eigenvalue weighted by Crippen LogP contribution is 2.22. The van der Waals surface area contributed by atoms with Crippen molar-refractivity contribution in [3.05, 3.63) is 94.5 Å². The molecule has 0 bridgehead atoms. The largest absolute Gasteiger partial charge is 0.346 e. The molecule has 0 saturated heterocycles. The van der Waals surface area contributed by atoms with Crippen LogP contribution < -0.4 is 10.0 Å². The number of nitrogens with one attached hydrogen (secondary N) is 2. The molecular formula is C24H26N2O3S. The Hall–Kier alpha value is -3.12. The van der Waals surface area contributed by atoms with Gasteiger partial charge in [0.15, 0.2) is 0 Å². The first-order valence-corrected chi connectivity index (χ1v) is 11.2. The summed E-state index contributed by atoms with van der Waals surface area (Å²) in [5.74, 6) is -0.265. The van der Waals surface area contributed by atoms with Gasteiger partial charge in [-0.25, -0.2) is 8.42 Å². The van der Waals surface area contributed by atoms with Crippen molar-refractivity contribution in [2.45, 2.75) is 38.6 Å². The number of carbonyl (C=O) groups is 1. The molecule has 1 amide bonds. The van der Waals surface area contributed by atoms with Crippen LogP contribution in [0.3, 0.4) is 0 Å². The first-order valence-electron chi connectivity index (χ1n) is 9.73. The first kappa shape index (κ1) is 21.6. The van der Waals surface area contributed by atoms with E-state index >= 15 is 0 Å². The summed E-state index contributed by atoms with van der Waals surface area (Å²) in [5, 5.41) is 2.96. The predicted octanol–water partition coefficient (Wildman–Crippen LogP) is 4.90. The molecule has 1 atom stereocenters. The third-order valence-electron chi connectivity index (χ3n) is 5.00. The molecule has 0 fully saturated rings. The van der Waals surface area contributed by atoms with Crippen molar-refractivity contribution < 1.29 is 13.2 Å². The van der Waals surface area contributed by atoms with Crippen molar-refractivity contribution in [1.29, 1.82) is 0 Å². The van der Waals surface area contributed by atoms with E-state index in [1.54, 1.807) is 49.4 Å². The minimum Gasteiger partial charge on any atom is -0.346 e. The summed E-state index contributed by atoms with van der Waals surface area (Å²) < 4.78 is 28.1. The average molecular weight is 423 g/mol. The zero-order valence-corrected chi connectivity index (χ0v) is 18.4. The summed E-state index contributed by atoms with van der Waals surface area (Å²) in [4.78, 5) is 12.9. The van der Waals surface area contributed by atoms with E-state index in [1.807, 2.05) is 45.0 Å². The third kappa shape index (κ3) is 5.07. The van der Waals surface area contributed by atoms with Crippen LogP contribution in [-0.4, -0.2) is 14.3 Å². The molecular weight excluding hydrogens is 396 g/mol. The Morgan fingerprint density at radius 1 is 0.833 bits per heavy atom. The number of hydrogen-bond acceptors (Lipinski definition) is 3. The van der Waals surface area contributed by atoms with Crippen LogP contribution in [0.2, 0.25) is 0 Å². The van der Waals surface area contributed by atoms with Gasteiger partial charge in [0.25, 0.3) is 15.9 Å². The maximum atomic E-state index is 12.7. The van der Waals surface area contributed by atoms with E-state index in [-0.39, 0.29) is 16.8 Å². The van der Waals surface area contributed by atoms with Crippen molar-refractivity contribution in [2.75, 3.05) is 4.72 Å². The molecule has 30 heavy (non-hydrogen) atoms. The SMILES string of the molecule is Cc1ccc([C@H](C)NC(=O)c2ccc(C)c(NS(=O)(=O)c3ccc(C)cc3)c2)cc1. The lowest BCUT2D eigenvalue weighted by molar-refractivity contribution is 0.0940. The number of hydrogen-bond donors (Lipinski definition) is 2. The second-order valence-electron chi connectivity index (χ2n) is 7.55. The summed E-state index contributed by atoms with van der Waals surface area (Å²) in [6.45, 7) is 7.62. The van der Waals surface area contributed by atoms with Gasteiger partial charge in [-0.05, 0) is 63.1 Å². The number of carbonyl (C=O) groups excluding carboxylic acids is 1. The van der Waals surface area contributed by atoms with E-state index in [9.17, 15) is 13.2 Å². The van der Waals surface area contributed by atoms with Gasteiger partial charge in [0.05, 0.1) is 16.6 Å². The molecule has 0 saturated carbocycles. The molecule has 0 aliphatic heterocycles. The number of benzene rings is 3. The molecule has 156 valence electrons. The first-order chi connectivity index (χ1) is 14.2. The van der Waals surface area contributed by atoms with Crippen LogP contribution in [0.15, 0.2) is 71.6 Å². The minimum absolute atomic E-state index is 0.174. The molecule has 0 aliphatic carbocycles. The molecule has 0 heterocycles. The fourth-order valence-electron chi connectivity index (χ4n) is 3.01. The number of amides is 1. The van der Waals surface area contributed by atoms with E-state index in [0.717, 1.165) is 22.3 Å². The van der Waals surface area contributed by atoms with Gasteiger partial charge in [-0.15, -0.1) is 0 Å². The average Bonchev–Trinajstić information content (AvgIpc) is 2.70. The van der Waals surface area contributed by atoms with E-state index in [4.69, 9.17) is 0 Å². The molecule has 3 aromatic carbocycles. The zero-order chi connectivity index (χ0) is 21.9. The van der Waals surface area contributed by atoms with Crippen molar-refractivity contribution in [3.63, 3.8) is 0 Å². The fraction of sp³-hybridized carbons (Fsp3) is 0.208. The highest BCUT2D eigenvalue weighted by Gasteiger charge is 2.17. The van der Waals surface area contributed by atoms with Crippen molar-refractivity contribution in [2.24, 2.45) is 0 Å². The van der Waals surface area contributed by atoms with Gasteiger partial charge in [-0.3, -0.25) is 9.52 Å². The van der Waals surface area contributed by atoms with E-state index < -0.39 is 10.0 Å². The molecule has 3 rings (SSSR count). The Morgan fingerprint density at radius 3 is 2.00 bits per heavy atom. The minimum atomic E-state index is -3.75. The Balaban J connectivity index is 1.79. The molecule has 2 N–H and O–H groups in total. The summed E-state index contributed by atoms with van der Waals surface area (Å²) >= 11 is 0. The van der Waals surface area contributed by atoms with Gasteiger partial charge >= 0.3 is 0 Å². The van der Waals surface area contributed by atoms with Crippen molar-refractivity contribution in [1.82, 2.24) is 5.32 Å². The zero-order valence-electron chi connectivity index (χ0n) is 17.6. The van der Waals surface area contributed by atoms with Crippen LogP contribution in [0, 0.1) is 20.8 Å². The molecule has 5 nitrogen and oxygen atoms in total. The molecule has 3 aromatic rings. The van der Waals surface area contributed by atoms with Gasteiger partial charge in [-0.1, -0.05) is 53.6 Å². The maximum Gasteiger partial charge on any atom is 0.261 e. The quantitative estimate of drug-likeness (QED) is 0.593.